The molecular formula is C30H35N3O3. The molecule has 1 aliphatic rings. The molecule has 3 aromatic rings. The first-order valence-corrected chi connectivity index (χ1v) is 12.4. The van der Waals surface area contributed by atoms with E-state index >= 15 is 0 Å². The van der Waals surface area contributed by atoms with Crippen molar-refractivity contribution in [2.45, 2.75) is 64.3 Å². The summed E-state index contributed by atoms with van der Waals surface area (Å²) in [6.07, 6.45) is 0.675. The molecule has 3 aromatic carbocycles. The first kappa shape index (κ1) is 25.6. The van der Waals surface area contributed by atoms with Crippen LogP contribution >= 0.6 is 0 Å². The van der Waals surface area contributed by atoms with Gasteiger partial charge in [0, 0.05) is 17.6 Å². The molecule has 0 spiro atoms. The number of nitrogens with zero attached hydrogens (tertiary/aromatic N) is 1. The third kappa shape index (κ3) is 5.83. The number of aliphatic hydroxyl groups is 1. The van der Waals surface area contributed by atoms with E-state index in [4.69, 9.17) is 5.73 Å². The molecule has 0 aliphatic carbocycles. The van der Waals surface area contributed by atoms with Crippen LogP contribution in [0.4, 0.5) is 5.69 Å². The van der Waals surface area contributed by atoms with Crippen molar-refractivity contribution in [1.82, 2.24) is 5.32 Å². The minimum absolute atomic E-state index is 0.0242. The lowest BCUT2D eigenvalue weighted by molar-refractivity contribution is -0.128. The number of hydrogen-bond donors (Lipinski definition) is 3. The molecule has 0 bridgehead atoms. The van der Waals surface area contributed by atoms with Crippen molar-refractivity contribution in [2.24, 2.45) is 5.73 Å². The van der Waals surface area contributed by atoms with E-state index < -0.39 is 11.6 Å². The van der Waals surface area contributed by atoms with Gasteiger partial charge in [0.2, 0.25) is 11.8 Å². The highest BCUT2D eigenvalue weighted by molar-refractivity contribution is 6.00. The van der Waals surface area contributed by atoms with E-state index in [1.165, 1.54) is 0 Å². The Bertz CT molecular complexity index is 1230. The smallest absolute Gasteiger partial charge is 0.249 e. The third-order valence-electron chi connectivity index (χ3n) is 6.66. The van der Waals surface area contributed by atoms with Crippen molar-refractivity contribution in [3.63, 3.8) is 0 Å². The molecule has 6 heteroatoms. The van der Waals surface area contributed by atoms with Crippen LogP contribution in [-0.2, 0) is 22.7 Å². The number of para-hydroxylation sites is 1. The zero-order valence-electron chi connectivity index (χ0n) is 21.2. The van der Waals surface area contributed by atoms with E-state index in [1.54, 1.807) is 18.7 Å². The number of hydrogen-bond acceptors (Lipinski definition) is 4. The van der Waals surface area contributed by atoms with Crippen LogP contribution in [0.1, 0.15) is 56.2 Å². The number of benzene rings is 3. The number of carbonyl (C=O) groups excluding carboxylic acids is 2. The first-order chi connectivity index (χ1) is 17.2. The maximum absolute atomic E-state index is 13.8. The van der Waals surface area contributed by atoms with Crippen LogP contribution in [0.2, 0.25) is 0 Å². The molecule has 0 radical (unpaired) electrons. The second-order valence-electron chi connectivity index (χ2n) is 10.4. The van der Waals surface area contributed by atoms with Crippen molar-refractivity contribution in [2.75, 3.05) is 4.90 Å². The first-order valence-electron chi connectivity index (χ1n) is 12.4. The Morgan fingerprint density at radius 2 is 1.72 bits per heavy atom. The Morgan fingerprint density at radius 3 is 2.42 bits per heavy atom. The molecule has 0 fully saturated rings. The summed E-state index contributed by atoms with van der Waals surface area (Å²) in [6.45, 7) is 6.06. The van der Waals surface area contributed by atoms with Gasteiger partial charge in [-0.3, -0.25) is 9.59 Å². The minimum Gasteiger partial charge on any atom is -0.392 e. The molecule has 1 aliphatic heterocycles. The molecule has 6 nitrogen and oxygen atoms in total. The fraction of sp³-hybridized carbons (Fsp3) is 0.333. The second kappa shape index (κ2) is 10.6. The molecule has 188 valence electrons. The molecule has 36 heavy (non-hydrogen) atoms. The predicted octanol–water partition coefficient (Wildman–Crippen LogP) is 4.50. The fourth-order valence-electron chi connectivity index (χ4n) is 4.89. The highest BCUT2D eigenvalue weighted by Gasteiger charge is 2.34. The van der Waals surface area contributed by atoms with Crippen molar-refractivity contribution < 1.29 is 14.7 Å². The summed E-state index contributed by atoms with van der Waals surface area (Å²) in [7, 11) is 0. The fourth-order valence-corrected chi connectivity index (χ4v) is 4.89. The van der Waals surface area contributed by atoms with E-state index in [2.05, 4.69) is 18.3 Å². The van der Waals surface area contributed by atoms with Crippen molar-refractivity contribution in [1.29, 1.82) is 0 Å². The van der Waals surface area contributed by atoms with Gasteiger partial charge >= 0.3 is 0 Å². The number of fused-ring (bicyclic) bond motifs is 1. The van der Waals surface area contributed by atoms with E-state index in [1.807, 2.05) is 66.7 Å². The van der Waals surface area contributed by atoms with Gasteiger partial charge in [-0.05, 0) is 60.1 Å². The van der Waals surface area contributed by atoms with E-state index in [0.717, 1.165) is 33.5 Å². The number of aliphatic hydroxyl groups excluding tert-OH is 1. The highest BCUT2D eigenvalue weighted by Crippen LogP contribution is 2.36. The van der Waals surface area contributed by atoms with E-state index in [0.29, 0.717) is 13.0 Å². The molecule has 0 saturated heterocycles. The highest BCUT2D eigenvalue weighted by atomic mass is 16.3. The van der Waals surface area contributed by atoms with Gasteiger partial charge in [0.1, 0.15) is 6.04 Å². The SMILES string of the molecule is CC1CC(NC(=O)CC(C)(C)N)C(=O)N(Cc2ccc(-c3ccccc3CO)cc2)c2ccccc21. The standard InChI is InChI=1S/C30H35N3O3/c1-20-16-26(32-28(35)17-30(2,3)31)29(36)33(27-11-7-6-9-24(20)27)18-21-12-14-22(15-13-21)25-10-5-4-8-23(25)19-34/h4-15,20,26,34H,16-19,31H2,1-3H3,(H,32,35). The molecule has 0 aromatic heterocycles. The average Bonchev–Trinajstić information content (AvgIpc) is 2.94. The summed E-state index contributed by atoms with van der Waals surface area (Å²) >= 11 is 0. The van der Waals surface area contributed by atoms with Crippen LogP contribution in [0.5, 0.6) is 0 Å². The lowest BCUT2D eigenvalue weighted by Gasteiger charge is -2.27. The molecule has 2 unspecified atom stereocenters. The normalized spacial score (nSPS) is 17.9. The summed E-state index contributed by atoms with van der Waals surface area (Å²) in [5, 5.41) is 12.6. The largest absolute Gasteiger partial charge is 0.392 e. The van der Waals surface area contributed by atoms with Gasteiger partial charge in [-0.15, -0.1) is 0 Å². The average molecular weight is 486 g/mol. The van der Waals surface area contributed by atoms with Crippen LogP contribution in [0.15, 0.2) is 72.8 Å². The van der Waals surface area contributed by atoms with Gasteiger partial charge in [0.25, 0.3) is 0 Å². The van der Waals surface area contributed by atoms with Gasteiger partial charge in [0.05, 0.1) is 13.2 Å². The molecule has 4 rings (SSSR count). The summed E-state index contributed by atoms with van der Waals surface area (Å²) in [5.74, 6) is -0.237. The number of nitrogens with one attached hydrogen (secondary N) is 1. The third-order valence-corrected chi connectivity index (χ3v) is 6.66. The monoisotopic (exact) mass is 485 g/mol. The molecule has 2 amide bonds. The maximum atomic E-state index is 13.8. The van der Waals surface area contributed by atoms with Crippen LogP contribution in [0.25, 0.3) is 11.1 Å². The Labute approximate surface area is 213 Å². The van der Waals surface area contributed by atoms with Crippen molar-refractivity contribution in [3.05, 3.63) is 89.5 Å². The van der Waals surface area contributed by atoms with Gasteiger partial charge in [-0.25, -0.2) is 0 Å². The summed E-state index contributed by atoms with van der Waals surface area (Å²) in [5.41, 5.74) is 11.2. The Kier molecular flexibility index (Phi) is 7.57. The quantitative estimate of drug-likeness (QED) is 0.459. The van der Waals surface area contributed by atoms with Crippen molar-refractivity contribution in [3.8, 4) is 11.1 Å². The topological polar surface area (TPSA) is 95.7 Å². The second-order valence-corrected chi connectivity index (χ2v) is 10.4. The van der Waals surface area contributed by atoms with Gasteiger partial charge in [-0.1, -0.05) is 73.7 Å². The van der Waals surface area contributed by atoms with Crippen LogP contribution in [0, 0.1) is 0 Å². The number of nitrogens with two attached hydrogens (primary N) is 1. The van der Waals surface area contributed by atoms with Crippen LogP contribution < -0.4 is 16.0 Å². The molecule has 2 atom stereocenters. The lowest BCUT2D eigenvalue weighted by Crippen LogP contribution is -2.50. The van der Waals surface area contributed by atoms with Crippen molar-refractivity contribution >= 4 is 17.5 Å². The predicted molar refractivity (Wildman–Crippen MR) is 143 cm³/mol. The van der Waals surface area contributed by atoms with Crippen LogP contribution in [0.3, 0.4) is 0 Å². The molecule has 4 N–H and O–H groups in total. The van der Waals surface area contributed by atoms with Gasteiger partial charge < -0.3 is 21.1 Å². The van der Waals surface area contributed by atoms with E-state index in [-0.39, 0.29) is 30.8 Å². The number of amides is 2. The summed E-state index contributed by atoms with van der Waals surface area (Å²) in [6, 6.07) is 23.2. The number of carbonyl (C=O) groups is 2. The van der Waals surface area contributed by atoms with Crippen LogP contribution in [-0.4, -0.2) is 28.5 Å². The molecule has 0 saturated carbocycles. The number of rotatable bonds is 7. The lowest BCUT2D eigenvalue weighted by atomic mass is 9.94. The summed E-state index contributed by atoms with van der Waals surface area (Å²) < 4.78 is 0. The van der Waals surface area contributed by atoms with E-state index in [9.17, 15) is 14.7 Å². The number of anilines is 1. The minimum atomic E-state index is -0.650. The maximum Gasteiger partial charge on any atom is 0.249 e. The zero-order valence-corrected chi connectivity index (χ0v) is 21.2. The van der Waals surface area contributed by atoms with Gasteiger partial charge in [0.15, 0.2) is 0 Å². The summed E-state index contributed by atoms with van der Waals surface area (Å²) in [4.78, 5) is 28.2. The Hall–Kier alpha value is -3.48. The Morgan fingerprint density at radius 1 is 1.06 bits per heavy atom. The Balaban J connectivity index is 1.62. The molecular weight excluding hydrogens is 450 g/mol. The van der Waals surface area contributed by atoms with Gasteiger partial charge in [-0.2, -0.15) is 0 Å². The molecule has 1 heterocycles. The zero-order chi connectivity index (χ0) is 25.9.